The number of ether oxygens (including phenoxy) is 2. The summed E-state index contributed by atoms with van der Waals surface area (Å²) in [5, 5.41) is 3.82. The minimum absolute atomic E-state index is 0.0747. The molecule has 31 heavy (non-hydrogen) atoms. The van der Waals surface area contributed by atoms with Crippen LogP contribution >= 0.6 is 11.6 Å². The normalized spacial score (nSPS) is 11.5. The van der Waals surface area contributed by atoms with Gasteiger partial charge in [-0.3, -0.25) is 9.69 Å². The number of fused-ring (bicyclic) bond motifs is 1. The third-order valence-electron chi connectivity index (χ3n) is 5.10. The van der Waals surface area contributed by atoms with Crippen LogP contribution in [0.25, 0.3) is 11.0 Å². The largest absolute Gasteiger partial charge is 0.493 e. The monoisotopic (exact) mass is 444 g/mol. The summed E-state index contributed by atoms with van der Waals surface area (Å²) in [6.45, 7) is 9.95. The van der Waals surface area contributed by atoms with Crippen LogP contribution in [0.3, 0.4) is 0 Å². The first-order valence-corrected chi connectivity index (χ1v) is 10.7. The van der Waals surface area contributed by atoms with Crippen LogP contribution in [-0.2, 0) is 0 Å². The molecule has 1 heterocycles. The van der Waals surface area contributed by atoms with Crippen molar-refractivity contribution in [3.8, 4) is 11.5 Å². The molecular formula is C24H29ClN2O4. The third kappa shape index (κ3) is 5.32. The van der Waals surface area contributed by atoms with Gasteiger partial charge in [0.15, 0.2) is 11.5 Å². The molecule has 2 aromatic carbocycles. The van der Waals surface area contributed by atoms with E-state index in [1.54, 1.807) is 31.4 Å². The predicted molar refractivity (Wildman–Crippen MR) is 125 cm³/mol. The quantitative estimate of drug-likeness (QED) is 0.448. The molecule has 1 amide bonds. The number of carbonyl (C=O) groups is 1. The second-order valence-corrected chi connectivity index (χ2v) is 8.21. The van der Waals surface area contributed by atoms with Crippen LogP contribution in [0.2, 0.25) is 5.02 Å². The van der Waals surface area contributed by atoms with Crippen molar-refractivity contribution >= 4 is 34.2 Å². The zero-order chi connectivity index (χ0) is 22.5. The number of amides is 1. The van der Waals surface area contributed by atoms with E-state index in [0.717, 1.165) is 6.54 Å². The fourth-order valence-electron chi connectivity index (χ4n) is 3.59. The summed E-state index contributed by atoms with van der Waals surface area (Å²) in [7, 11) is 1.59. The average molecular weight is 445 g/mol. The van der Waals surface area contributed by atoms with E-state index >= 15 is 0 Å². The highest BCUT2D eigenvalue weighted by atomic mass is 35.5. The fraction of sp³-hybridized carbons (Fsp3) is 0.375. The molecule has 0 unspecified atom stereocenters. The van der Waals surface area contributed by atoms with Gasteiger partial charge < -0.3 is 19.2 Å². The number of rotatable bonds is 9. The van der Waals surface area contributed by atoms with E-state index in [4.69, 9.17) is 25.5 Å². The smallest absolute Gasteiger partial charge is 0.292 e. The number of halogens is 1. The molecule has 0 aliphatic heterocycles. The van der Waals surface area contributed by atoms with E-state index in [9.17, 15) is 4.79 Å². The zero-order valence-corrected chi connectivity index (χ0v) is 19.3. The lowest BCUT2D eigenvalue weighted by atomic mass is 10.2. The van der Waals surface area contributed by atoms with Crippen molar-refractivity contribution in [3.63, 3.8) is 0 Å². The molecule has 0 spiro atoms. The van der Waals surface area contributed by atoms with Gasteiger partial charge in [0.1, 0.15) is 12.2 Å². The first-order valence-electron chi connectivity index (χ1n) is 10.4. The molecule has 0 saturated heterocycles. The Kier molecular flexibility index (Phi) is 7.46. The lowest BCUT2D eigenvalue weighted by Crippen LogP contribution is -2.39. The zero-order valence-electron chi connectivity index (χ0n) is 18.6. The topological polar surface area (TPSA) is 63.9 Å². The molecule has 3 rings (SSSR count). The lowest BCUT2D eigenvalue weighted by molar-refractivity contribution is 0.0999. The lowest BCUT2D eigenvalue weighted by Gasteiger charge is -2.30. The Hall–Kier alpha value is -2.70. The minimum Gasteiger partial charge on any atom is -0.493 e. The molecule has 0 saturated carbocycles. The molecule has 0 fully saturated rings. The first kappa shape index (κ1) is 23.0. The maximum Gasteiger partial charge on any atom is 0.292 e. The van der Waals surface area contributed by atoms with Gasteiger partial charge in [-0.15, -0.1) is 0 Å². The van der Waals surface area contributed by atoms with Gasteiger partial charge in [-0.1, -0.05) is 23.7 Å². The summed E-state index contributed by atoms with van der Waals surface area (Å²) < 4.78 is 17.0. The number of methoxy groups -OCH3 is 1. The summed E-state index contributed by atoms with van der Waals surface area (Å²) >= 11 is 6.34. The molecule has 1 aromatic heterocycles. The van der Waals surface area contributed by atoms with Crippen LogP contribution in [0.4, 0.5) is 5.69 Å². The number of furan rings is 1. The Labute approximate surface area is 188 Å². The molecule has 0 aliphatic carbocycles. The van der Waals surface area contributed by atoms with Crippen LogP contribution in [0.15, 0.2) is 46.9 Å². The van der Waals surface area contributed by atoms with Crippen molar-refractivity contribution in [2.24, 2.45) is 0 Å². The highest BCUT2D eigenvalue weighted by molar-refractivity contribution is 6.38. The first-order chi connectivity index (χ1) is 14.8. The Balaban J connectivity index is 1.73. The number of hydrogen-bond donors (Lipinski definition) is 1. The van der Waals surface area contributed by atoms with Crippen molar-refractivity contribution in [1.29, 1.82) is 0 Å². The molecule has 3 aromatic rings. The number of benzene rings is 2. The van der Waals surface area contributed by atoms with Gasteiger partial charge in [-0.05, 0) is 52.0 Å². The standard InChI is InChI=1S/C24H29ClN2O4/c1-15(2)27(16(3)4)12-13-30-21-14-17(10-11-20(21)29-5)26-24(28)23-22(25)18-8-6-7-9-19(18)31-23/h6-11,14-16H,12-13H2,1-5H3,(H,26,28). The van der Waals surface area contributed by atoms with Crippen LogP contribution < -0.4 is 14.8 Å². The highest BCUT2D eigenvalue weighted by Gasteiger charge is 2.20. The molecule has 0 radical (unpaired) electrons. The van der Waals surface area contributed by atoms with Crippen LogP contribution in [0.5, 0.6) is 11.5 Å². The van der Waals surface area contributed by atoms with Crippen LogP contribution in [-0.4, -0.2) is 43.2 Å². The maximum absolute atomic E-state index is 12.8. The second-order valence-electron chi connectivity index (χ2n) is 7.83. The molecule has 6 nitrogen and oxygen atoms in total. The van der Waals surface area contributed by atoms with Crippen LogP contribution in [0, 0.1) is 0 Å². The van der Waals surface area contributed by atoms with Crippen LogP contribution in [0.1, 0.15) is 38.2 Å². The van der Waals surface area contributed by atoms with Gasteiger partial charge in [-0.2, -0.15) is 0 Å². The van der Waals surface area contributed by atoms with Gasteiger partial charge in [0.25, 0.3) is 5.91 Å². The Morgan fingerprint density at radius 2 is 1.81 bits per heavy atom. The van der Waals surface area contributed by atoms with Crippen molar-refractivity contribution in [2.45, 2.75) is 39.8 Å². The van der Waals surface area contributed by atoms with E-state index in [0.29, 0.717) is 51.9 Å². The third-order valence-corrected chi connectivity index (χ3v) is 5.47. The molecule has 0 aliphatic rings. The fourth-order valence-corrected chi connectivity index (χ4v) is 3.87. The number of hydrogen-bond acceptors (Lipinski definition) is 5. The number of para-hydroxylation sites is 1. The number of nitrogens with zero attached hydrogens (tertiary/aromatic N) is 1. The second kappa shape index (κ2) is 10.1. The number of anilines is 1. The van der Waals surface area contributed by atoms with E-state index < -0.39 is 5.91 Å². The molecule has 1 N–H and O–H groups in total. The van der Waals surface area contributed by atoms with Gasteiger partial charge in [0, 0.05) is 35.8 Å². The number of nitrogens with one attached hydrogen (secondary N) is 1. The van der Waals surface area contributed by atoms with Gasteiger partial charge >= 0.3 is 0 Å². The molecule has 0 bridgehead atoms. The summed E-state index contributed by atoms with van der Waals surface area (Å²) in [5.41, 5.74) is 1.12. The Bertz CT molecular complexity index is 1040. The Morgan fingerprint density at radius 3 is 2.45 bits per heavy atom. The van der Waals surface area contributed by atoms with Crippen molar-refractivity contribution in [1.82, 2.24) is 4.90 Å². The van der Waals surface area contributed by atoms with Crippen molar-refractivity contribution in [2.75, 3.05) is 25.6 Å². The van der Waals surface area contributed by atoms with E-state index in [2.05, 4.69) is 37.9 Å². The highest BCUT2D eigenvalue weighted by Crippen LogP contribution is 2.33. The van der Waals surface area contributed by atoms with E-state index in [-0.39, 0.29) is 5.76 Å². The molecule has 0 atom stereocenters. The summed E-state index contributed by atoms with van der Waals surface area (Å²) in [5.74, 6) is 0.803. The van der Waals surface area contributed by atoms with Crippen molar-refractivity contribution in [3.05, 3.63) is 53.2 Å². The van der Waals surface area contributed by atoms with E-state index in [1.165, 1.54) is 0 Å². The van der Waals surface area contributed by atoms with Gasteiger partial charge in [0.2, 0.25) is 5.76 Å². The average Bonchev–Trinajstić information content (AvgIpc) is 3.08. The summed E-state index contributed by atoms with van der Waals surface area (Å²) in [6.07, 6.45) is 0. The predicted octanol–water partition coefficient (Wildman–Crippen LogP) is 5.84. The minimum atomic E-state index is -0.428. The molecule has 7 heteroatoms. The van der Waals surface area contributed by atoms with Crippen molar-refractivity contribution < 1.29 is 18.7 Å². The Morgan fingerprint density at radius 1 is 1.10 bits per heavy atom. The van der Waals surface area contributed by atoms with E-state index in [1.807, 2.05) is 18.2 Å². The van der Waals surface area contributed by atoms with Gasteiger partial charge in [0.05, 0.1) is 12.1 Å². The molecule has 166 valence electrons. The SMILES string of the molecule is COc1ccc(NC(=O)c2oc3ccccc3c2Cl)cc1OCCN(C(C)C)C(C)C. The van der Waals surface area contributed by atoms with Gasteiger partial charge in [-0.25, -0.2) is 0 Å². The molecular weight excluding hydrogens is 416 g/mol. The summed E-state index contributed by atoms with van der Waals surface area (Å²) in [4.78, 5) is 15.1. The number of carbonyl (C=O) groups excluding carboxylic acids is 1. The maximum atomic E-state index is 12.8. The summed E-state index contributed by atoms with van der Waals surface area (Å²) in [6, 6.07) is 13.3.